The van der Waals surface area contributed by atoms with Crippen molar-refractivity contribution in [2.45, 2.75) is 0 Å². The second-order valence-corrected chi connectivity index (χ2v) is 2.06. The molecule has 0 aliphatic carbocycles. The van der Waals surface area contributed by atoms with Crippen LogP contribution in [-0.4, -0.2) is 33.8 Å². The number of hydrogen-bond donors (Lipinski definition) is 1. The minimum atomic E-state index is -5.38. The summed E-state index contributed by atoms with van der Waals surface area (Å²) in [6, 6.07) is 0. The molecule has 6 heavy (non-hydrogen) atoms. The van der Waals surface area contributed by atoms with Crippen molar-refractivity contribution in [2.24, 2.45) is 0 Å². The van der Waals surface area contributed by atoms with E-state index in [1.807, 2.05) is 0 Å². The predicted octanol–water partition coefficient (Wildman–Crippen LogP) is -4.50. The molecule has 1 radical (unpaired) electrons. The Morgan fingerprint density at radius 1 is 1.17 bits per heavy atom. The van der Waals surface area contributed by atoms with Crippen LogP contribution in [0.4, 0.5) is 0 Å². The van der Waals surface area contributed by atoms with Crippen LogP contribution in [0, 0.1) is 14.1 Å². The summed E-state index contributed by atoms with van der Waals surface area (Å²) in [6.45, 7) is 0. The Labute approximate surface area is 60.2 Å². The Balaban J connectivity index is 0. The monoisotopic (exact) mass is 167 g/mol. The normalized spacial score (nSPS) is 10.0. The van der Waals surface area contributed by atoms with E-state index < -0.39 is 14.1 Å². The third kappa shape index (κ3) is 57.0. The minimum Gasteiger partial charge on any atom is -0.228 e. The van der Waals surface area contributed by atoms with Crippen LogP contribution in [0.15, 0.2) is 0 Å². The van der Waals surface area contributed by atoms with Gasteiger partial charge in [-0.25, -0.2) is 12.6 Å². The van der Waals surface area contributed by atoms with Crippen molar-refractivity contribution >= 4 is 29.6 Å². The van der Waals surface area contributed by atoms with E-state index in [9.17, 15) is 0 Å². The first kappa shape index (κ1) is 10.3. The van der Waals surface area contributed by atoms with Gasteiger partial charge in [-0.2, -0.15) is 0 Å². The third-order valence-corrected chi connectivity index (χ3v) is 0. The van der Waals surface area contributed by atoms with Crippen LogP contribution in [-0.2, 0) is 0 Å². The first-order valence-corrected chi connectivity index (χ1v) is 3.28. The molecule has 0 rings (SSSR count). The molecule has 0 aromatic heterocycles. The Morgan fingerprint density at radius 3 is 1.17 bits per heavy atom. The molecule has 0 fully saturated rings. The van der Waals surface area contributed by atoms with E-state index in [-0.39, 0.29) is 29.6 Å². The SMILES string of the molecule is [Na].[O-][Br+3]([O-])([O-])O. The average Bonchev–Trinajstić information content (AvgIpc) is 0.722. The van der Waals surface area contributed by atoms with E-state index in [2.05, 4.69) is 0 Å². The van der Waals surface area contributed by atoms with Gasteiger partial charge in [-0.3, -0.25) is 0 Å². The van der Waals surface area contributed by atoms with Crippen LogP contribution in [0.3, 0.4) is 0 Å². The van der Waals surface area contributed by atoms with Crippen molar-refractivity contribution < 1.29 is 30.9 Å². The van der Waals surface area contributed by atoms with Gasteiger partial charge in [0.25, 0.3) is 14.1 Å². The minimum absolute atomic E-state index is 0. The molecule has 0 saturated heterocycles. The molecule has 0 bridgehead atoms. The molecule has 0 unspecified atom stereocenters. The summed E-state index contributed by atoms with van der Waals surface area (Å²) in [4.78, 5) is 0. The summed E-state index contributed by atoms with van der Waals surface area (Å²) in [7, 11) is 0. The maximum atomic E-state index is 8.69. The van der Waals surface area contributed by atoms with Gasteiger partial charge in [0.2, 0.25) is 0 Å². The first-order valence-electron chi connectivity index (χ1n) is 0.632. The standard InChI is InChI=1S/BrHO4.Na/c2-1(3,4)5;/h2H;. The van der Waals surface area contributed by atoms with E-state index in [1.165, 1.54) is 0 Å². The fourth-order valence-corrected chi connectivity index (χ4v) is 0. The molecule has 0 amide bonds. The summed E-state index contributed by atoms with van der Waals surface area (Å²) in [5.74, 6) is 0. The zero-order valence-corrected chi connectivity index (χ0v) is 6.64. The summed E-state index contributed by atoms with van der Waals surface area (Å²) >= 11 is -5.38. The molecule has 0 aromatic carbocycles. The summed E-state index contributed by atoms with van der Waals surface area (Å²) in [5.41, 5.74) is 0. The fourth-order valence-electron chi connectivity index (χ4n) is 0. The van der Waals surface area contributed by atoms with E-state index in [4.69, 9.17) is 16.8 Å². The second-order valence-electron chi connectivity index (χ2n) is 0.396. The Morgan fingerprint density at radius 2 is 1.17 bits per heavy atom. The quantitative estimate of drug-likeness (QED) is 0.369. The van der Waals surface area contributed by atoms with Gasteiger partial charge in [-0.05, 0) is 0 Å². The summed E-state index contributed by atoms with van der Waals surface area (Å²) in [6.07, 6.45) is 0. The van der Waals surface area contributed by atoms with Gasteiger partial charge in [0, 0.05) is 33.8 Å². The maximum absolute atomic E-state index is 8.69. The summed E-state index contributed by atoms with van der Waals surface area (Å²) in [5, 5.41) is 0. The molecule has 0 aromatic rings. The van der Waals surface area contributed by atoms with E-state index >= 15 is 0 Å². The number of hydrogen-bond acceptors (Lipinski definition) is 4. The van der Waals surface area contributed by atoms with Gasteiger partial charge >= 0.3 is 0 Å². The zero-order valence-electron chi connectivity index (χ0n) is 3.05. The zero-order chi connectivity index (χ0) is 4.50. The van der Waals surface area contributed by atoms with Crippen LogP contribution < -0.4 is 12.6 Å². The smallest absolute Gasteiger partial charge is 0.228 e. The Hall–Kier alpha value is 1.32. The van der Waals surface area contributed by atoms with Crippen LogP contribution >= 0.6 is 0 Å². The van der Waals surface area contributed by atoms with Gasteiger partial charge in [0.05, 0.1) is 0 Å². The van der Waals surface area contributed by atoms with Crippen molar-refractivity contribution in [1.82, 2.24) is 0 Å². The predicted molar refractivity (Wildman–Crippen MR) is 7.97 cm³/mol. The van der Waals surface area contributed by atoms with Crippen molar-refractivity contribution in [3.63, 3.8) is 0 Å². The molecule has 0 aliphatic rings. The third-order valence-electron chi connectivity index (χ3n) is 0. The van der Waals surface area contributed by atoms with Crippen LogP contribution in [0.1, 0.15) is 0 Å². The van der Waals surface area contributed by atoms with Gasteiger partial charge in [-0.1, -0.05) is 0 Å². The molecule has 0 atom stereocenters. The van der Waals surface area contributed by atoms with E-state index in [1.54, 1.807) is 0 Å². The second kappa shape index (κ2) is 3.34. The van der Waals surface area contributed by atoms with Crippen LogP contribution in [0.5, 0.6) is 0 Å². The van der Waals surface area contributed by atoms with Crippen molar-refractivity contribution in [2.75, 3.05) is 0 Å². The van der Waals surface area contributed by atoms with E-state index in [0.717, 1.165) is 0 Å². The maximum Gasteiger partial charge on any atom is 0.265 e. The number of rotatable bonds is 0. The van der Waals surface area contributed by atoms with Gasteiger partial charge in [0.15, 0.2) is 0 Å². The molecular formula is HBrNaO4. The summed E-state index contributed by atoms with van der Waals surface area (Å²) < 4.78 is 33.1. The van der Waals surface area contributed by atoms with Gasteiger partial charge < -0.3 is 0 Å². The largest absolute Gasteiger partial charge is 0.265 e. The molecule has 4 nitrogen and oxygen atoms in total. The molecule has 0 saturated carbocycles. The Bertz CT molecular complexity index is 23.0. The van der Waals surface area contributed by atoms with Gasteiger partial charge in [-0.15, -0.1) is 0 Å². The average molecular weight is 168 g/mol. The fraction of sp³-hybridized carbons (Fsp3) is 0. The molecule has 0 aliphatic heterocycles. The van der Waals surface area contributed by atoms with Crippen molar-refractivity contribution in [3.8, 4) is 0 Å². The molecule has 6 heteroatoms. The number of halogens is 1. The Kier molecular flexibility index (Phi) is 5.75. The molecule has 0 spiro atoms. The molecule has 33 valence electrons. The van der Waals surface area contributed by atoms with Crippen LogP contribution in [0.2, 0.25) is 0 Å². The molecule has 1 N–H and O–H groups in total. The van der Waals surface area contributed by atoms with Gasteiger partial charge in [0.1, 0.15) is 0 Å². The van der Waals surface area contributed by atoms with Crippen molar-refractivity contribution in [3.05, 3.63) is 0 Å². The first-order chi connectivity index (χ1) is 2.00. The topological polar surface area (TPSA) is 89.4 Å². The molecular weight excluding hydrogens is 167 g/mol. The van der Waals surface area contributed by atoms with E-state index in [0.29, 0.717) is 0 Å². The van der Waals surface area contributed by atoms with Crippen molar-refractivity contribution in [1.29, 1.82) is 0 Å². The van der Waals surface area contributed by atoms with Crippen LogP contribution in [0.25, 0.3) is 0 Å². The molecule has 0 heterocycles.